The molecule has 0 radical (unpaired) electrons. The van der Waals surface area contributed by atoms with Crippen LogP contribution in [-0.4, -0.2) is 19.0 Å². The lowest BCUT2D eigenvalue weighted by Crippen LogP contribution is -2.44. The zero-order chi connectivity index (χ0) is 14.8. The molecule has 1 heterocycles. The Kier molecular flexibility index (Phi) is 5.68. The van der Waals surface area contributed by atoms with Gasteiger partial charge in [0.2, 0.25) is 5.91 Å². The molecule has 1 aliphatic heterocycles. The van der Waals surface area contributed by atoms with Crippen molar-refractivity contribution < 1.29 is 4.79 Å². The molecule has 1 saturated heterocycles. The minimum absolute atomic E-state index is 0.116. The molecule has 1 aromatic carbocycles. The monoisotopic (exact) mass is 466 g/mol. The summed E-state index contributed by atoms with van der Waals surface area (Å²) in [5, 5.41) is 6.40. The number of benzene rings is 1. The van der Waals surface area contributed by atoms with Gasteiger partial charge in [0.25, 0.3) is 0 Å². The zero-order valence-electron chi connectivity index (χ0n) is 11.2. The van der Waals surface area contributed by atoms with Crippen molar-refractivity contribution in [2.75, 3.05) is 18.4 Å². The number of piperidine rings is 1. The molecular formula is C14H17Br3N2O. The van der Waals surface area contributed by atoms with E-state index in [1.54, 1.807) is 0 Å². The van der Waals surface area contributed by atoms with Gasteiger partial charge in [-0.25, -0.2) is 0 Å². The van der Waals surface area contributed by atoms with Crippen LogP contribution in [0.25, 0.3) is 0 Å². The maximum atomic E-state index is 12.7. The molecule has 0 bridgehead atoms. The van der Waals surface area contributed by atoms with Crippen molar-refractivity contribution >= 4 is 59.4 Å². The van der Waals surface area contributed by atoms with Crippen LogP contribution < -0.4 is 10.6 Å². The molecule has 0 spiro atoms. The molecule has 0 atom stereocenters. The number of halogens is 3. The summed E-state index contributed by atoms with van der Waals surface area (Å²) < 4.78 is 2.70. The first kappa shape index (κ1) is 16.5. The van der Waals surface area contributed by atoms with E-state index in [4.69, 9.17) is 0 Å². The molecule has 0 unspecified atom stereocenters. The van der Waals surface area contributed by atoms with Crippen molar-refractivity contribution in [3.05, 3.63) is 25.6 Å². The van der Waals surface area contributed by atoms with Crippen LogP contribution in [0.15, 0.2) is 25.6 Å². The Morgan fingerprint density at radius 1 is 1.25 bits per heavy atom. The van der Waals surface area contributed by atoms with Crippen molar-refractivity contribution in [3.8, 4) is 0 Å². The minimum Gasteiger partial charge on any atom is -0.324 e. The molecule has 2 N–H and O–H groups in total. The fourth-order valence-corrected chi connectivity index (χ4v) is 5.01. The van der Waals surface area contributed by atoms with E-state index in [2.05, 4.69) is 65.3 Å². The highest BCUT2D eigenvalue weighted by Gasteiger charge is 2.38. The molecule has 6 heteroatoms. The fraction of sp³-hybridized carbons (Fsp3) is 0.500. The first-order valence-corrected chi connectivity index (χ1v) is 9.03. The predicted octanol–water partition coefficient (Wildman–Crippen LogP) is 4.69. The normalized spacial score (nSPS) is 17.8. The summed E-state index contributed by atoms with van der Waals surface area (Å²) in [4.78, 5) is 12.7. The van der Waals surface area contributed by atoms with Crippen LogP contribution in [0.5, 0.6) is 0 Å². The highest BCUT2D eigenvalue weighted by atomic mass is 79.9. The van der Waals surface area contributed by atoms with Gasteiger partial charge in [-0.1, -0.05) is 22.9 Å². The van der Waals surface area contributed by atoms with Gasteiger partial charge in [0.1, 0.15) is 0 Å². The number of carbonyl (C=O) groups excluding carboxylic acids is 1. The van der Waals surface area contributed by atoms with Crippen molar-refractivity contribution in [2.45, 2.75) is 26.2 Å². The topological polar surface area (TPSA) is 41.1 Å². The van der Waals surface area contributed by atoms with Gasteiger partial charge in [-0.2, -0.15) is 0 Å². The van der Waals surface area contributed by atoms with Crippen molar-refractivity contribution in [1.82, 2.24) is 5.32 Å². The standard InChI is InChI=1S/C14H17Br3N2O/c1-2-14(3-5-18-6-4-14)13(20)19-12-10(16)7-9(15)8-11(12)17/h7-8,18H,2-6H2,1H3,(H,19,20). The van der Waals surface area contributed by atoms with E-state index in [1.807, 2.05) is 12.1 Å². The van der Waals surface area contributed by atoms with Gasteiger partial charge in [0, 0.05) is 13.4 Å². The number of rotatable bonds is 3. The summed E-state index contributed by atoms with van der Waals surface area (Å²) in [5.41, 5.74) is 0.543. The maximum Gasteiger partial charge on any atom is 0.230 e. The molecule has 0 aromatic heterocycles. The average molecular weight is 469 g/mol. The number of amides is 1. The van der Waals surface area contributed by atoms with Crippen molar-refractivity contribution in [1.29, 1.82) is 0 Å². The molecule has 1 aliphatic rings. The van der Waals surface area contributed by atoms with Crippen LogP contribution in [0, 0.1) is 5.41 Å². The third-order valence-electron chi connectivity index (χ3n) is 3.96. The van der Waals surface area contributed by atoms with E-state index in [0.717, 1.165) is 51.5 Å². The number of carbonyl (C=O) groups is 1. The van der Waals surface area contributed by atoms with Crippen LogP contribution in [0.3, 0.4) is 0 Å². The Morgan fingerprint density at radius 3 is 2.30 bits per heavy atom. The second-order valence-corrected chi connectivity index (χ2v) is 7.71. The van der Waals surface area contributed by atoms with E-state index in [-0.39, 0.29) is 11.3 Å². The number of hydrogen-bond donors (Lipinski definition) is 2. The van der Waals surface area contributed by atoms with Gasteiger partial charge in [0.05, 0.1) is 11.1 Å². The van der Waals surface area contributed by atoms with E-state index in [0.29, 0.717) is 0 Å². The third-order valence-corrected chi connectivity index (χ3v) is 5.67. The average Bonchev–Trinajstić information content (AvgIpc) is 2.43. The molecule has 0 saturated carbocycles. The summed E-state index contributed by atoms with van der Waals surface area (Å²) in [6.45, 7) is 3.91. The molecular weight excluding hydrogens is 452 g/mol. The van der Waals surface area contributed by atoms with Crippen LogP contribution in [0.1, 0.15) is 26.2 Å². The highest BCUT2D eigenvalue weighted by Crippen LogP contribution is 2.38. The number of anilines is 1. The van der Waals surface area contributed by atoms with Gasteiger partial charge in [-0.15, -0.1) is 0 Å². The Balaban J connectivity index is 2.23. The van der Waals surface area contributed by atoms with Crippen LogP contribution in [0.4, 0.5) is 5.69 Å². The van der Waals surface area contributed by atoms with Crippen LogP contribution in [-0.2, 0) is 4.79 Å². The minimum atomic E-state index is -0.253. The largest absolute Gasteiger partial charge is 0.324 e. The quantitative estimate of drug-likeness (QED) is 0.675. The Hall–Kier alpha value is 0.0900. The third kappa shape index (κ3) is 3.46. The SMILES string of the molecule is CCC1(C(=O)Nc2c(Br)cc(Br)cc2Br)CCNCC1. The predicted molar refractivity (Wildman–Crippen MR) is 93.0 cm³/mol. The van der Waals surface area contributed by atoms with Gasteiger partial charge < -0.3 is 10.6 Å². The molecule has 1 aromatic rings. The lowest BCUT2D eigenvalue weighted by Gasteiger charge is -2.35. The van der Waals surface area contributed by atoms with Gasteiger partial charge in [0.15, 0.2) is 0 Å². The fourth-order valence-electron chi connectivity index (χ4n) is 2.55. The summed E-state index contributed by atoms with van der Waals surface area (Å²) in [6, 6.07) is 3.86. The number of hydrogen-bond acceptors (Lipinski definition) is 2. The molecule has 20 heavy (non-hydrogen) atoms. The Morgan fingerprint density at radius 2 is 1.80 bits per heavy atom. The Bertz CT molecular complexity index is 490. The number of nitrogens with one attached hydrogen (secondary N) is 2. The molecule has 1 fully saturated rings. The van der Waals surface area contributed by atoms with E-state index in [9.17, 15) is 4.79 Å². The lowest BCUT2D eigenvalue weighted by atomic mass is 9.76. The van der Waals surface area contributed by atoms with Crippen molar-refractivity contribution in [3.63, 3.8) is 0 Å². The molecule has 2 rings (SSSR count). The van der Waals surface area contributed by atoms with E-state index < -0.39 is 0 Å². The molecule has 0 aliphatic carbocycles. The molecule has 1 amide bonds. The summed E-state index contributed by atoms with van der Waals surface area (Å²) in [5.74, 6) is 0.116. The molecule has 3 nitrogen and oxygen atoms in total. The first-order valence-electron chi connectivity index (χ1n) is 6.65. The Labute approximate surface area is 144 Å². The zero-order valence-corrected chi connectivity index (χ0v) is 16.0. The second-order valence-electron chi connectivity index (χ2n) is 5.08. The maximum absolute atomic E-state index is 12.7. The summed E-state index contributed by atoms with van der Waals surface area (Å²) in [6.07, 6.45) is 2.65. The second kappa shape index (κ2) is 6.90. The summed E-state index contributed by atoms with van der Waals surface area (Å²) >= 11 is 10.4. The first-order chi connectivity index (χ1) is 9.48. The van der Waals surface area contributed by atoms with Crippen LogP contribution in [0.2, 0.25) is 0 Å². The summed E-state index contributed by atoms with van der Waals surface area (Å²) in [7, 11) is 0. The van der Waals surface area contributed by atoms with Gasteiger partial charge in [-0.05, 0) is 76.3 Å². The van der Waals surface area contributed by atoms with Gasteiger partial charge in [-0.3, -0.25) is 4.79 Å². The van der Waals surface area contributed by atoms with E-state index in [1.165, 1.54) is 0 Å². The van der Waals surface area contributed by atoms with Crippen molar-refractivity contribution in [2.24, 2.45) is 5.41 Å². The van der Waals surface area contributed by atoms with Gasteiger partial charge >= 0.3 is 0 Å². The van der Waals surface area contributed by atoms with E-state index >= 15 is 0 Å². The molecule has 110 valence electrons. The smallest absolute Gasteiger partial charge is 0.230 e. The van der Waals surface area contributed by atoms with Crippen LogP contribution >= 0.6 is 47.8 Å². The highest BCUT2D eigenvalue weighted by molar-refractivity contribution is 9.11. The lowest BCUT2D eigenvalue weighted by molar-refractivity contribution is -0.127.